The van der Waals surface area contributed by atoms with Crippen LogP contribution in [0.15, 0.2) is 0 Å². The smallest absolute Gasteiger partial charge is 0.230 e. The molecule has 3 nitrogen and oxygen atoms in total. The van der Waals surface area contributed by atoms with Crippen LogP contribution in [0.5, 0.6) is 0 Å². The fourth-order valence-corrected chi connectivity index (χ4v) is 1.86. The highest BCUT2D eigenvalue weighted by atomic mass is 16.2. The van der Waals surface area contributed by atoms with Gasteiger partial charge in [-0.3, -0.25) is 9.59 Å². The monoisotopic (exact) mass is 167 g/mol. The molecule has 3 heteroatoms. The zero-order valence-electron chi connectivity index (χ0n) is 7.46. The Balaban J connectivity index is 2.07. The second-order valence-corrected chi connectivity index (χ2v) is 4.45. The number of hydrogen-bond donors (Lipinski definition) is 0. The fourth-order valence-electron chi connectivity index (χ4n) is 1.86. The van der Waals surface area contributed by atoms with Crippen LogP contribution >= 0.6 is 0 Å². The van der Waals surface area contributed by atoms with Crippen molar-refractivity contribution in [1.82, 2.24) is 4.90 Å². The molecule has 66 valence electrons. The molecule has 0 radical (unpaired) electrons. The summed E-state index contributed by atoms with van der Waals surface area (Å²) in [5.41, 5.74) is 0.250. The lowest BCUT2D eigenvalue weighted by Gasteiger charge is -2.16. The molecular formula is C9H13NO2. The van der Waals surface area contributed by atoms with Gasteiger partial charge >= 0.3 is 0 Å². The van der Waals surface area contributed by atoms with E-state index < -0.39 is 0 Å². The average molecular weight is 167 g/mol. The van der Waals surface area contributed by atoms with Crippen molar-refractivity contribution < 1.29 is 9.59 Å². The quantitative estimate of drug-likeness (QED) is 0.536. The molecular weight excluding hydrogens is 154 g/mol. The molecule has 0 aromatic heterocycles. The Morgan fingerprint density at radius 2 is 2.00 bits per heavy atom. The summed E-state index contributed by atoms with van der Waals surface area (Å²) in [7, 11) is 0. The van der Waals surface area contributed by atoms with Crippen molar-refractivity contribution in [3.8, 4) is 0 Å². The number of likely N-dealkylation sites (tertiary alicyclic amines) is 1. The van der Waals surface area contributed by atoms with Crippen LogP contribution in [-0.4, -0.2) is 29.2 Å². The molecule has 1 aliphatic heterocycles. The largest absolute Gasteiger partial charge is 0.331 e. The molecule has 1 aliphatic carbocycles. The van der Waals surface area contributed by atoms with Crippen molar-refractivity contribution >= 4 is 11.7 Å². The van der Waals surface area contributed by atoms with Crippen molar-refractivity contribution in [3.05, 3.63) is 0 Å². The fraction of sp³-hybridized carbons (Fsp3) is 0.778. The van der Waals surface area contributed by atoms with Crippen molar-refractivity contribution in [2.45, 2.75) is 32.7 Å². The Kier molecular flexibility index (Phi) is 1.35. The lowest BCUT2D eigenvalue weighted by Crippen LogP contribution is -2.30. The van der Waals surface area contributed by atoms with Gasteiger partial charge in [-0.05, 0) is 11.8 Å². The summed E-state index contributed by atoms with van der Waals surface area (Å²) >= 11 is 0. The molecule has 1 amide bonds. The first-order valence-corrected chi connectivity index (χ1v) is 4.32. The van der Waals surface area contributed by atoms with Gasteiger partial charge in [-0.15, -0.1) is 0 Å². The molecule has 0 aromatic rings. The summed E-state index contributed by atoms with van der Waals surface area (Å²) in [6.07, 6.45) is 1.18. The van der Waals surface area contributed by atoms with Crippen LogP contribution in [0.25, 0.3) is 0 Å². The predicted octanol–water partition coefficient (Wildman–Crippen LogP) is 0.586. The number of rotatable bonds is 1. The minimum atomic E-state index is 0.0237. The van der Waals surface area contributed by atoms with Crippen molar-refractivity contribution in [3.63, 3.8) is 0 Å². The van der Waals surface area contributed by atoms with Crippen molar-refractivity contribution in [1.29, 1.82) is 0 Å². The van der Waals surface area contributed by atoms with E-state index in [0.29, 0.717) is 12.6 Å². The molecule has 0 spiro atoms. The van der Waals surface area contributed by atoms with E-state index >= 15 is 0 Å². The van der Waals surface area contributed by atoms with E-state index in [2.05, 4.69) is 13.8 Å². The van der Waals surface area contributed by atoms with Gasteiger partial charge in [0.1, 0.15) is 0 Å². The van der Waals surface area contributed by atoms with E-state index in [0.717, 1.165) is 6.42 Å². The molecule has 2 fully saturated rings. The standard InChI is InChI=1S/C9H13NO2/c1-9(2)4-7(9)10-5-6(11)3-8(10)12/h7H,3-5H2,1-2H3. The maximum atomic E-state index is 11.3. The van der Waals surface area contributed by atoms with Crippen LogP contribution in [-0.2, 0) is 9.59 Å². The summed E-state index contributed by atoms with van der Waals surface area (Å²) < 4.78 is 0. The highest BCUT2D eigenvalue weighted by Gasteiger charge is 2.52. The lowest BCUT2D eigenvalue weighted by atomic mass is 10.2. The molecule has 2 aliphatic rings. The normalized spacial score (nSPS) is 32.8. The number of ketones is 1. The topological polar surface area (TPSA) is 37.4 Å². The van der Waals surface area contributed by atoms with Crippen LogP contribution in [0.1, 0.15) is 26.7 Å². The van der Waals surface area contributed by atoms with E-state index in [1.54, 1.807) is 4.90 Å². The molecule has 0 bridgehead atoms. The Morgan fingerprint density at radius 1 is 1.42 bits per heavy atom. The van der Waals surface area contributed by atoms with E-state index in [-0.39, 0.29) is 23.5 Å². The molecule has 1 saturated carbocycles. The Labute approximate surface area is 71.7 Å². The SMILES string of the molecule is CC1(C)CC1N1CC(=O)CC1=O. The summed E-state index contributed by atoms with van der Waals surface area (Å²) in [4.78, 5) is 23.9. The zero-order valence-corrected chi connectivity index (χ0v) is 7.46. The van der Waals surface area contributed by atoms with Gasteiger partial charge in [-0.2, -0.15) is 0 Å². The van der Waals surface area contributed by atoms with Crippen molar-refractivity contribution in [2.75, 3.05) is 6.54 Å². The third kappa shape index (κ3) is 1.04. The number of carbonyl (C=O) groups excluding carboxylic acids is 2. The van der Waals surface area contributed by atoms with E-state index in [1.165, 1.54) is 0 Å². The zero-order chi connectivity index (χ0) is 8.93. The van der Waals surface area contributed by atoms with Crippen LogP contribution < -0.4 is 0 Å². The first kappa shape index (κ1) is 7.77. The van der Waals surface area contributed by atoms with Crippen LogP contribution in [0.4, 0.5) is 0 Å². The van der Waals surface area contributed by atoms with Gasteiger partial charge in [0.25, 0.3) is 0 Å². The molecule has 2 rings (SSSR count). The molecule has 0 N–H and O–H groups in total. The number of nitrogens with zero attached hydrogens (tertiary/aromatic N) is 1. The van der Waals surface area contributed by atoms with Gasteiger partial charge in [0.05, 0.1) is 13.0 Å². The van der Waals surface area contributed by atoms with E-state index in [1.807, 2.05) is 0 Å². The van der Waals surface area contributed by atoms with Crippen molar-refractivity contribution in [2.24, 2.45) is 5.41 Å². The Bertz CT molecular complexity index is 257. The summed E-state index contributed by atoms with van der Waals surface area (Å²) in [6.45, 7) is 4.62. The number of carbonyl (C=O) groups is 2. The van der Waals surface area contributed by atoms with E-state index in [9.17, 15) is 9.59 Å². The molecule has 0 aromatic carbocycles. The molecule has 12 heavy (non-hydrogen) atoms. The molecule has 1 unspecified atom stereocenters. The summed E-state index contributed by atoms with van der Waals surface area (Å²) in [5, 5.41) is 0. The lowest BCUT2D eigenvalue weighted by molar-refractivity contribution is -0.128. The Hall–Kier alpha value is -0.860. The maximum Gasteiger partial charge on any atom is 0.230 e. The Morgan fingerprint density at radius 3 is 2.33 bits per heavy atom. The first-order chi connectivity index (χ1) is 5.50. The molecule has 1 saturated heterocycles. The van der Waals surface area contributed by atoms with Crippen LogP contribution in [0, 0.1) is 5.41 Å². The number of Topliss-reactive ketones (excluding diaryl/α,β-unsaturated/α-hetero) is 1. The highest BCUT2D eigenvalue weighted by molar-refractivity contribution is 6.05. The third-order valence-electron chi connectivity index (χ3n) is 2.85. The summed E-state index contributed by atoms with van der Waals surface area (Å²) in [6, 6.07) is 0.330. The molecule has 1 heterocycles. The van der Waals surface area contributed by atoms with Crippen LogP contribution in [0.3, 0.4) is 0 Å². The first-order valence-electron chi connectivity index (χ1n) is 4.32. The van der Waals surface area contributed by atoms with Gasteiger partial charge in [0.2, 0.25) is 5.91 Å². The minimum absolute atomic E-state index is 0.0237. The van der Waals surface area contributed by atoms with E-state index in [4.69, 9.17) is 0 Å². The molecule has 1 atom stereocenters. The average Bonchev–Trinajstić information content (AvgIpc) is 2.40. The second-order valence-electron chi connectivity index (χ2n) is 4.45. The number of amides is 1. The minimum Gasteiger partial charge on any atom is -0.331 e. The maximum absolute atomic E-state index is 11.3. The predicted molar refractivity (Wildman–Crippen MR) is 43.5 cm³/mol. The van der Waals surface area contributed by atoms with Gasteiger partial charge < -0.3 is 4.90 Å². The van der Waals surface area contributed by atoms with Gasteiger partial charge in [0, 0.05) is 6.04 Å². The van der Waals surface area contributed by atoms with Gasteiger partial charge in [-0.25, -0.2) is 0 Å². The van der Waals surface area contributed by atoms with Gasteiger partial charge in [-0.1, -0.05) is 13.8 Å². The third-order valence-corrected chi connectivity index (χ3v) is 2.85. The summed E-state index contributed by atoms with van der Waals surface area (Å²) in [5.74, 6) is 0.0956. The van der Waals surface area contributed by atoms with Crippen LogP contribution in [0.2, 0.25) is 0 Å². The number of hydrogen-bond acceptors (Lipinski definition) is 2. The van der Waals surface area contributed by atoms with Gasteiger partial charge in [0.15, 0.2) is 5.78 Å². The second kappa shape index (κ2) is 2.09. The highest BCUT2D eigenvalue weighted by Crippen LogP contribution is 2.49.